The molecule has 2 rings (SSSR count). The van der Waals surface area contributed by atoms with Crippen LogP contribution in [0.5, 0.6) is 0 Å². The van der Waals surface area contributed by atoms with Crippen molar-refractivity contribution in [2.45, 2.75) is 45.4 Å². The Hall–Kier alpha value is -1.36. The Morgan fingerprint density at radius 3 is 2.68 bits per heavy atom. The molecule has 0 unspecified atom stereocenters. The third-order valence-corrected chi connectivity index (χ3v) is 4.80. The molecule has 1 aliphatic rings. The van der Waals surface area contributed by atoms with Gasteiger partial charge in [0.25, 0.3) is 5.91 Å². The van der Waals surface area contributed by atoms with E-state index in [9.17, 15) is 9.59 Å². The number of benzene rings is 1. The molecule has 0 aliphatic heterocycles. The molecule has 22 heavy (non-hydrogen) atoms. The zero-order chi connectivity index (χ0) is 15.9. The van der Waals surface area contributed by atoms with Crippen molar-refractivity contribution in [2.75, 3.05) is 0 Å². The predicted octanol–water partition coefficient (Wildman–Crippen LogP) is 3.82. The molecule has 2 N–H and O–H groups in total. The van der Waals surface area contributed by atoms with Crippen LogP contribution < -0.4 is 10.9 Å². The van der Waals surface area contributed by atoms with Gasteiger partial charge in [-0.25, -0.2) is 0 Å². The van der Waals surface area contributed by atoms with Gasteiger partial charge < -0.3 is 0 Å². The second kappa shape index (κ2) is 8.32. The lowest BCUT2D eigenvalue weighted by Crippen LogP contribution is -2.42. The molecule has 1 aromatic carbocycles. The highest BCUT2D eigenvalue weighted by Crippen LogP contribution is 2.42. The van der Waals surface area contributed by atoms with E-state index in [4.69, 9.17) is 0 Å². The summed E-state index contributed by atoms with van der Waals surface area (Å²) in [5.41, 5.74) is 5.54. The summed E-state index contributed by atoms with van der Waals surface area (Å²) in [6.45, 7) is 2.20. The molecule has 1 saturated carbocycles. The Bertz CT molecular complexity index is 533. The lowest BCUT2D eigenvalue weighted by Gasteiger charge is -2.08. The van der Waals surface area contributed by atoms with Crippen molar-refractivity contribution in [3.05, 3.63) is 34.3 Å². The SMILES string of the molecule is CCCCCC[C@H]1C[C@H]1C(=O)NNC(=O)c1ccccc1Br. The van der Waals surface area contributed by atoms with Gasteiger partial charge in [0.15, 0.2) is 0 Å². The van der Waals surface area contributed by atoms with Crippen LogP contribution in [-0.4, -0.2) is 11.8 Å². The summed E-state index contributed by atoms with van der Waals surface area (Å²) in [7, 11) is 0. The third-order valence-electron chi connectivity index (χ3n) is 4.11. The topological polar surface area (TPSA) is 58.2 Å². The van der Waals surface area contributed by atoms with Crippen LogP contribution in [0.3, 0.4) is 0 Å². The molecule has 0 heterocycles. The number of unbranched alkanes of at least 4 members (excludes halogenated alkanes) is 3. The van der Waals surface area contributed by atoms with Gasteiger partial charge in [-0.15, -0.1) is 0 Å². The van der Waals surface area contributed by atoms with Crippen LogP contribution in [0.15, 0.2) is 28.7 Å². The second-order valence-electron chi connectivity index (χ2n) is 5.87. The van der Waals surface area contributed by atoms with E-state index in [2.05, 4.69) is 33.7 Å². The number of rotatable bonds is 7. The molecule has 1 fully saturated rings. The maximum absolute atomic E-state index is 12.0. The van der Waals surface area contributed by atoms with Crippen LogP contribution in [0.1, 0.15) is 55.8 Å². The number of hydrogen-bond donors (Lipinski definition) is 2. The quantitative estimate of drug-likeness (QED) is 0.569. The molecule has 2 amide bonds. The van der Waals surface area contributed by atoms with Gasteiger partial charge >= 0.3 is 0 Å². The summed E-state index contributed by atoms with van der Waals surface area (Å²) < 4.78 is 0.710. The Balaban J connectivity index is 1.69. The van der Waals surface area contributed by atoms with E-state index in [-0.39, 0.29) is 17.7 Å². The Kier molecular flexibility index (Phi) is 6.43. The van der Waals surface area contributed by atoms with Gasteiger partial charge in [-0.2, -0.15) is 0 Å². The highest BCUT2D eigenvalue weighted by Gasteiger charge is 2.42. The lowest BCUT2D eigenvalue weighted by molar-refractivity contribution is -0.123. The van der Waals surface area contributed by atoms with Crippen molar-refractivity contribution in [2.24, 2.45) is 11.8 Å². The van der Waals surface area contributed by atoms with Crippen LogP contribution in [0.2, 0.25) is 0 Å². The smallest absolute Gasteiger partial charge is 0.270 e. The molecule has 5 heteroatoms. The minimum Gasteiger partial charge on any atom is -0.273 e. The fraction of sp³-hybridized carbons (Fsp3) is 0.529. The first-order valence-electron chi connectivity index (χ1n) is 7.98. The van der Waals surface area contributed by atoms with E-state index < -0.39 is 0 Å². The number of halogens is 1. The van der Waals surface area contributed by atoms with Crippen LogP contribution in [-0.2, 0) is 4.79 Å². The Morgan fingerprint density at radius 2 is 1.95 bits per heavy atom. The van der Waals surface area contributed by atoms with Crippen molar-refractivity contribution >= 4 is 27.7 Å². The van der Waals surface area contributed by atoms with E-state index in [1.54, 1.807) is 18.2 Å². The number of amides is 2. The molecular formula is C17H23BrN2O2. The van der Waals surface area contributed by atoms with Gasteiger partial charge in [0.2, 0.25) is 5.91 Å². The van der Waals surface area contributed by atoms with Gasteiger partial charge in [-0.3, -0.25) is 20.4 Å². The van der Waals surface area contributed by atoms with Crippen molar-refractivity contribution in [3.63, 3.8) is 0 Å². The first kappa shape index (κ1) is 17.0. The molecule has 1 aliphatic carbocycles. The van der Waals surface area contributed by atoms with E-state index in [0.717, 1.165) is 12.8 Å². The number of carbonyl (C=O) groups excluding carboxylic acids is 2. The standard InChI is InChI=1S/C17H23BrN2O2/c1-2-3-4-5-8-12-11-14(12)17(22)20-19-16(21)13-9-6-7-10-15(13)18/h6-7,9-10,12,14H,2-5,8,11H2,1H3,(H,19,21)(H,20,22)/t12-,14+/m0/s1. The molecule has 0 saturated heterocycles. The van der Waals surface area contributed by atoms with E-state index >= 15 is 0 Å². The fourth-order valence-corrected chi connectivity index (χ4v) is 3.11. The largest absolute Gasteiger partial charge is 0.273 e. The van der Waals surface area contributed by atoms with Crippen molar-refractivity contribution in [1.82, 2.24) is 10.9 Å². The summed E-state index contributed by atoms with van der Waals surface area (Å²) in [5, 5.41) is 0. The molecule has 1 aromatic rings. The highest BCUT2D eigenvalue weighted by atomic mass is 79.9. The lowest BCUT2D eigenvalue weighted by atomic mass is 10.1. The Labute approximate surface area is 140 Å². The zero-order valence-corrected chi connectivity index (χ0v) is 14.5. The Morgan fingerprint density at radius 1 is 1.18 bits per heavy atom. The van der Waals surface area contributed by atoms with Crippen molar-refractivity contribution in [1.29, 1.82) is 0 Å². The first-order valence-corrected chi connectivity index (χ1v) is 8.77. The summed E-state index contributed by atoms with van der Waals surface area (Å²) in [4.78, 5) is 24.0. The molecule has 0 bridgehead atoms. The molecule has 2 atom stereocenters. The average Bonchev–Trinajstić information content (AvgIpc) is 3.29. The van der Waals surface area contributed by atoms with Crippen LogP contribution in [0, 0.1) is 11.8 Å². The monoisotopic (exact) mass is 366 g/mol. The summed E-state index contributed by atoms with van der Waals surface area (Å²) in [6, 6.07) is 7.13. The number of hydrogen-bond acceptors (Lipinski definition) is 2. The van der Waals surface area contributed by atoms with Gasteiger partial charge in [0.1, 0.15) is 0 Å². The number of hydrazine groups is 1. The van der Waals surface area contributed by atoms with Gasteiger partial charge in [0, 0.05) is 10.4 Å². The van der Waals surface area contributed by atoms with Gasteiger partial charge in [-0.05, 0) is 46.8 Å². The second-order valence-corrected chi connectivity index (χ2v) is 6.73. The third kappa shape index (κ3) is 4.83. The fourth-order valence-electron chi connectivity index (χ4n) is 2.64. The van der Waals surface area contributed by atoms with Crippen LogP contribution >= 0.6 is 15.9 Å². The highest BCUT2D eigenvalue weighted by molar-refractivity contribution is 9.10. The van der Waals surface area contributed by atoms with Gasteiger partial charge in [-0.1, -0.05) is 44.7 Å². The van der Waals surface area contributed by atoms with Crippen molar-refractivity contribution < 1.29 is 9.59 Å². The van der Waals surface area contributed by atoms with E-state index in [1.807, 2.05) is 6.07 Å². The molecule has 4 nitrogen and oxygen atoms in total. The van der Waals surface area contributed by atoms with Crippen LogP contribution in [0.4, 0.5) is 0 Å². The minimum atomic E-state index is -0.305. The minimum absolute atomic E-state index is 0.0686. The zero-order valence-electron chi connectivity index (χ0n) is 12.9. The average molecular weight is 367 g/mol. The molecule has 0 aromatic heterocycles. The van der Waals surface area contributed by atoms with Crippen LogP contribution in [0.25, 0.3) is 0 Å². The molecule has 120 valence electrons. The molecular weight excluding hydrogens is 344 g/mol. The molecule has 0 spiro atoms. The number of carbonyl (C=O) groups is 2. The predicted molar refractivity (Wildman–Crippen MR) is 90.1 cm³/mol. The summed E-state index contributed by atoms with van der Waals surface area (Å²) in [6.07, 6.45) is 7.02. The summed E-state index contributed by atoms with van der Waals surface area (Å²) in [5.74, 6) is 0.195. The molecule has 0 radical (unpaired) electrons. The number of nitrogens with one attached hydrogen (secondary N) is 2. The van der Waals surface area contributed by atoms with E-state index in [0.29, 0.717) is 16.0 Å². The maximum Gasteiger partial charge on any atom is 0.270 e. The van der Waals surface area contributed by atoms with Crippen molar-refractivity contribution in [3.8, 4) is 0 Å². The van der Waals surface area contributed by atoms with E-state index in [1.165, 1.54) is 25.7 Å². The van der Waals surface area contributed by atoms with Gasteiger partial charge in [0.05, 0.1) is 5.56 Å². The summed E-state index contributed by atoms with van der Waals surface area (Å²) >= 11 is 3.32. The normalized spacial score (nSPS) is 19.5. The maximum atomic E-state index is 12.0. The first-order chi connectivity index (χ1) is 10.6.